The summed E-state index contributed by atoms with van der Waals surface area (Å²) in [5.74, 6) is 0.355. The van der Waals surface area contributed by atoms with Gasteiger partial charge in [-0.2, -0.15) is 0 Å². The molecule has 4 rings (SSSR count). The van der Waals surface area contributed by atoms with Crippen molar-refractivity contribution in [3.8, 4) is 40.2 Å². The molecule has 0 radical (unpaired) electrons. The van der Waals surface area contributed by atoms with E-state index in [4.69, 9.17) is 9.47 Å². The lowest BCUT2D eigenvalue weighted by Gasteiger charge is -2.12. The van der Waals surface area contributed by atoms with Gasteiger partial charge in [0.1, 0.15) is 40.2 Å². The highest BCUT2D eigenvalue weighted by Gasteiger charge is 2.15. The summed E-state index contributed by atoms with van der Waals surface area (Å²) in [6.45, 7) is 0. The molecule has 5 N–H and O–H groups in total. The quantitative estimate of drug-likeness (QED) is 0.157. The van der Waals surface area contributed by atoms with Crippen molar-refractivity contribution in [3.63, 3.8) is 0 Å². The Morgan fingerprint density at radius 1 is 0.585 bits per heavy atom. The summed E-state index contributed by atoms with van der Waals surface area (Å²) >= 11 is 0. The Morgan fingerprint density at radius 3 is 1.63 bits per heavy atom. The predicted molar refractivity (Wildman–Crippen MR) is 152 cm³/mol. The Balaban J connectivity index is 0.000000228. The van der Waals surface area contributed by atoms with Gasteiger partial charge in [-0.1, -0.05) is 30.3 Å². The third-order valence-corrected chi connectivity index (χ3v) is 6.29. The molecular weight excluding hydrogens is 528 g/mol. The fraction of sp³-hybridized carbons (Fsp3) is 0.188. The third kappa shape index (κ3) is 8.40. The van der Waals surface area contributed by atoms with Gasteiger partial charge in [0.05, 0.1) is 14.2 Å². The summed E-state index contributed by atoms with van der Waals surface area (Å²) in [6, 6.07) is 20.4. The highest BCUT2D eigenvalue weighted by atomic mass is 16.5. The fourth-order valence-corrected chi connectivity index (χ4v) is 4.08. The van der Waals surface area contributed by atoms with Gasteiger partial charge in [0.15, 0.2) is 11.6 Å². The van der Waals surface area contributed by atoms with Gasteiger partial charge in [-0.05, 0) is 37.1 Å². The average Bonchev–Trinajstić information content (AvgIpc) is 2.96. The number of phenolic OH excluding ortho intramolecular Hbond substituents is 5. The normalized spacial score (nSPS) is 10.3. The van der Waals surface area contributed by atoms with Crippen molar-refractivity contribution in [1.29, 1.82) is 0 Å². The number of Topliss-reactive ketones (excluding diaryl/α,β-unsaturated/α-hetero) is 2. The first-order valence-corrected chi connectivity index (χ1v) is 12.7. The Morgan fingerprint density at radius 2 is 1.10 bits per heavy atom. The standard InChI is InChI=1S/C17H18O5.C15H14O4/c1-21-13-9-16(20)14(17(10-13)22-2)7-8-15(19)11-3-5-12(18)6-4-11;16-11-8-14(18)12(15(19)9-11)6-7-13(17)10-4-2-1-3-5-10/h3-6,9-10,18,20H,7-8H2,1-2H3;1-5,8-9,16,18-19H,6-7H2. The second kappa shape index (κ2) is 14.3. The van der Waals surface area contributed by atoms with Crippen molar-refractivity contribution in [2.45, 2.75) is 25.7 Å². The minimum atomic E-state index is -0.215. The van der Waals surface area contributed by atoms with Crippen LogP contribution in [-0.4, -0.2) is 51.3 Å². The van der Waals surface area contributed by atoms with Gasteiger partial charge in [-0.25, -0.2) is 0 Å². The number of hydrogen-bond donors (Lipinski definition) is 5. The molecule has 9 heteroatoms. The van der Waals surface area contributed by atoms with Crippen LogP contribution in [0.15, 0.2) is 78.9 Å². The van der Waals surface area contributed by atoms with Crippen molar-refractivity contribution in [3.05, 3.63) is 101 Å². The first-order valence-electron chi connectivity index (χ1n) is 12.7. The van der Waals surface area contributed by atoms with Gasteiger partial charge in [-0.15, -0.1) is 0 Å². The van der Waals surface area contributed by atoms with E-state index >= 15 is 0 Å². The van der Waals surface area contributed by atoms with Crippen molar-refractivity contribution in [2.24, 2.45) is 0 Å². The molecule has 0 aliphatic rings. The average molecular weight is 561 g/mol. The number of ether oxygens (including phenoxy) is 2. The molecule has 0 fully saturated rings. The second-order valence-electron chi connectivity index (χ2n) is 9.05. The zero-order chi connectivity index (χ0) is 29.9. The second-order valence-corrected chi connectivity index (χ2v) is 9.05. The summed E-state index contributed by atoms with van der Waals surface area (Å²) in [5.41, 5.74) is 1.95. The summed E-state index contributed by atoms with van der Waals surface area (Å²) in [4.78, 5) is 24.0. The number of benzene rings is 4. The molecule has 0 aromatic heterocycles. The minimum absolute atomic E-state index is 0.0368. The molecule has 0 bridgehead atoms. The van der Waals surface area contributed by atoms with Crippen molar-refractivity contribution >= 4 is 11.6 Å². The molecule has 0 saturated heterocycles. The van der Waals surface area contributed by atoms with Crippen molar-refractivity contribution < 1.29 is 44.6 Å². The summed E-state index contributed by atoms with van der Waals surface area (Å²) in [6.07, 6.45) is 0.960. The number of phenols is 5. The molecule has 41 heavy (non-hydrogen) atoms. The number of methoxy groups -OCH3 is 2. The zero-order valence-electron chi connectivity index (χ0n) is 22.7. The van der Waals surface area contributed by atoms with Crippen LogP contribution in [0.25, 0.3) is 0 Å². The number of carbonyl (C=O) groups excluding carboxylic acids is 2. The van der Waals surface area contributed by atoms with Gasteiger partial charge < -0.3 is 35.0 Å². The molecule has 9 nitrogen and oxygen atoms in total. The predicted octanol–water partition coefficient (Wildman–Crippen LogP) is 5.55. The van der Waals surface area contributed by atoms with Crippen LogP contribution < -0.4 is 9.47 Å². The zero-order valence-corrected chi connectivity index (χ0v) is 22.7. The van der Waals surface area contributed by atoms with Crippen LogP contribution in [0.5, 0.6) is 40.2 Å². The first kappa shape index (κ1) is 30.4. The SMILES string of the molecule is COc1cc(O)c(CCC(=O)c2ccc(O)cc2)c(OC)c1.O=C(CCc1c(O)cc(O)cc1O)c1ccccc1. The molecule has 0 heterocycles. The molecule has 4 aromatic rings. The monoisotopic (exact) mass is 560 g/mol. The Bertz CT molecular complexity index is 1460. The van der Waals surface area contributed by atoms with Crippen molar-refractivity contribution in [2.75, 3.05) is 14.2 Å². The number of ketones is 2. The van der Waals surface area contributed by atoms with E-state index in [1.165, 1.54) is 32.4 Å². The van der Waals surface area contributed by atoms with Gasteiger partial charge in [0, 0.05) is 59.4 Å². The van der Waals surface area contributed by atoms with Gasteiger partial charge in [0.2, 0.25) is 0 Å². The minimum Gasteiger partial charge on any atom is -0.508 e. The van der Waals surface area contributed by atoms with Crippen LogP contribution in [0.4, 0.5) is 0 Å². The summed E-state index contributed by atoms with van der Waals surface area (Å²) in [5, 5.41) is 47.7. The van der Waals surface area contributed by atoms with Crippen LogP contribution in [-0.2, 0) is 12.8 Å². The maximum Gasteiger partial charge on any atom is 0.163 e. The fourth-order valence-electron chi connectivity index (χ4n) is 4.08. The van der Waals surface area contributed by atoms with Crippen LogP contribution in [0.1, 0.15) is 44.7 Å². The van der Waals surface area contributed by atoms with Crippen LogP contribution >= 0.6 is 0 Å². The molecule has 4 aromatic carbocycles. The Kier molecular flexibility index (Phi) is 10.6. The molecule has 0 aliphatic carbocycles. The summed E-state index contributed by atoms with van der Waals surface area (Å²) in [7, 11) is 3.00. The maximum absolute atomic E-state index is 12.1. The molecule has 0 amide bonds. The highest BCUT2D eigenvalue weighted by molar-refractivity contribution is 5.96. The first-order chi connectivity index (χ1) is 19.6. The van der Waals surface area contributed by atoms with E-state index in [1.807, 2.05) is 6.07 Å². The van der Waals surface area contributed by atoms with Gasteiger partial charge in [-0.3, -0.25) is 9.59 Å². The number of hydrogen-bond acceptors (Lipinski definition) is 9. The van der Waals surface area contributed by atoms with E-state index < -0.39 is 0 Å². The van der Waals surface area contributed by atoms with Crippen molar-refractivity contribution in [1.82, 2.24) is 0 Å². The lowest BCUT2D eigenvalue weighted by atomic mass is 10.0. The van der Waals surface area contributed by atoms with E-state index in [0.29, 0.717) is 34.6 Å². The molecule has 0 aliphatic heterocycles. The summed E-state index contributed by atoms with van der Waals surface area (Å²) < 4.78 is 10.3. The number of carbonyl (C=O) groups is 2. The van der Waals surface area contributed by atoms with Crippen LogP contribution in [0.2, 0.25) is 0 Å². The van der Waals surface area contributed by atoms with Crippen LogP contribution in [0, 0.1) is 0 Å². The van der Waals surface area contributed by atoms with Crippen LogP contribution in [0.3, 0.4) is 0 Å². The number of rotatable bonds is 10. The smallest absolute Gasteiger partial charge is 0.163 e. The molecule has 214 valence electrons. The third-order valence-electron chi connectivity index (χ3n) is 6.29. The Hall–Kier alpha value is -5.18. The van der Waals surface area contributed by atoms with E-state index in [0.717, 1.165) is 12.1 Å². The van der Waals surface area contributed by atoms with Gasteiger partial charge >= 0.3 is 0 Å². The van der Waals surface area contributed by atoms with E-state index in [-0.39, 0.29) is 65.1 Å². The lowest BCUT2D eigenvalue weighted by Crippen LogP contribution is -2.02. The largest absolute Gasteiger partial charge is 0.508 e. The molecule has 0 atom stereocenters. The maximum atomic E-state index is 12.1. The molecule has 0 spiro atoms. The van der Waals surface area contributed by atoms with Gasteiger partial charge in [0.25, 0.3) is 0 Å². The topological polar surface area (TPSA) is 154 Å². The molecule has 0 unspecified atom stereocenters. The van der Waals surface area contributed by atoms with E-state index in [2.05, 4.69) is 0 Å². The molecule has 0 saturated carbocycles. The van der Waals surface area contributed by atoms with E-state index in [9.17, 15) is 35.1 Å². The number of aromatic hydroxyl groups is 5. The molecular formula is C32H32O9. The lowest BCUT2D eigenvalue weighted by molar-refractivity contribution is 0.0974. The Labute approximate surface area is 237 Å². The van der Waals surface area contributed by atoms with E-state index in [1.54, 1.807) is 42.5 Å². The highest BCUT2D eigenvalue weighted by Crippen LogP contribution is 2.35.